The second kappa shape index (κ2) is 4.42. The molecule has 0 aliphatic carbocycles. The Morgan fingerprint density at radius 3 is 2.83 bits per heavy atom. The second-order valence-electron chi connectivity index (χ2n) is 4.41. The first-order valence-corrected chi connectivity index (χ1v) is 5.64. The highest BCUT2D eigenvalue weighted by Crippen LogP contribution is 2.28. The topological polar surface area (TPSA) is 68.2 Å². The predicted octanol–water partition coefficient (Wildman–Crippen LogP) is 1.58. The standard InChI is InChI=1S/C13H15FN2O2/c1-7-8(6-10(15)13(17)18)12-9(14)4-3-5-11(12)16(7)2/h3-5,10H,6,15H2,1-2H3,(H,17,18). The number of hydrogen-bond donors (Lipinski definition) is 2. The number of aryl methyl sites for hydroxylation is 1. The van der Waals surface area contributed by atoms with E-state index in [4.69, 9.17) is 10.8 Å². The third kappa shape index (κ3) is 1.86. The Bertz CT molecular complexity index is 619. The highest BCUT2D eigenvalue weighted by Gasteiger charge is 2.20. The van der Waals surface area contributed by atoms with Crippen molar-refractivity contribution >= 4 is 16.9 Å². The van der Waals surface area contributed by atoms with Crippen molar-refractivity contribution in [1.82, 2.24) is 4.57 Å². The lowest BCUT2D eigenvalue weighted by molar-refractivity contribution is -0.138. The van der Waals surface area contributed by atoms with E-state index in [0.29, 0.717) is 10.9 Å². The monoisotopic (exact) mass is 250 g/mol. The Hall–Kier alpha value is -1.88. The largest absolute Gasteiger partial charge is 0.480 e. The van der Waals surface area contributed by atoms with Gasteiger partial charge in [-0.05, 0) is 24.6 Å². The van der Waals surface area contributed by atoms with E-state index < -0.39 is 12.0 Å². The van der Waals surface area contributed by atoms with Crippen molar-refractivity contribution < 1.29 is 14.3 Å². The molecule has 0 saturated carbocycles. The van der Waals surface area contributed by atoms with Crippen LogP contribution in [0.4, 0.5) is 4.39 Å². The van der Waals surface area contributed by atoms with Gasteiger partial charge in [0.05, 0.1) is 5.52 Å². The lowest BCUT2D eigenvalue weighted by atomic mass is 10.0. The maximum absolute atomic E-state index is 13.9. The van der Waals surface area contributed by atoms with Gasteiger partial charge in [0.25, 0.3) is 0 Å². The van der Waals surface area contributed by atoms with E-state index in [2.05, 4.69) is 0 Å². The number of carbonyl (C=O) groups is 1. The summed E-state index contributed by atoms with van der Waals surface area (Å²) in [5.41, 5.74) is 7.79. The van der Waals surface area contributed by atoms with Gasteiger partial charge < -0.3 is 15.4 Å². The molecule has 0 saturated heterocycles. The van der Waals surface area contributed by atoms with Crippen LogP contribution in [-0.4, -0.2) is 21.7 Å². The molecule has 96 valence electrons. The zero-order valence-electron chi connectivity index (χ0n) is 10.3. The third-order valence-electron chi connectivity index (χ3n) is 3.34. The molecule has 2 rings (SSSR count). The Morgan fingerprint density at radius 2 is 2.22 bits per heavy atom. The minimum absolute atomic E-state index is 0.124. The normalized spacial score (nSPS) is 12.9. The van der Waals surface area contributed by atoms with Crippen LogP contribution in [0.3, 0.4) is 0 Å². The van der Waals surface area contributed by atoms with Crippen molar-refractivity contribution in [2.24, 2.45) is 12.8 Å². The van der Waals surface area contributed by atoms with Crippen molar-refractivity contribution in [3.05, 3.63) is 35.3 Å². The molecule has 2 aromatic rings. The molecule has 4 nitrogen and oxygen atoms in total. The minimum atomic E-state index is -1.08. The van der Waals surface area contributed by atoms with Gasteiger partial charge in [-0.15, -0.1) is 0 Å². The number of aliphatic carboxylic acids is 1. The van der Waals surface area contributed by atoms with Gasteiger partial charge in [0.2, 0.25) is 0 Å². The minimum Gasteiger partial charge on any atom is -0.480 e. The van der Waals surface area contributed by atoms with Crippen LogP contribution in [-0.2, 0) is 18.3 Å². The number of rotatable bonds is 3. The maximum Gasteiger partial charge on any atom is 0.320 e. The molecule has 0 amide bonds. The summed E-state index contributed by atoms with van der Waals surface area (Å²) in [4.78, 5) is 10.8. The van der Waals surface area contributed by atoms with E-state index >= 15 is 0 Å². The van der Waals surface area contributed by atoms with E-state index in [-0.39, 0.29) is 12.2 Å². The molecule has 0 aliphatic heterocycles. The summed E-state index contributed by atoms with van der Waals surface area (Å²) in [5.74, 6) is -1.42. The van der Waals surface area contributed by atoms with Crippen LogP contribution in [0.2, 0.25) is 0 Å². The third-order valence-corrected chi connectivity index (χ3v) is 3.34. The fraction of sp³-hybridized carbons (Fsp3) is 0.308. The molecule has 1 heterocycles. The van der Waals surface area contributed by atoms with Crippen molar-refractivity contribution in [2.45, 2.75) is 19.4 Å². The molecule has 1 atom stereocenters. The number of nitrogens with zero attached hydrogens (tertiary/aromatic N) is 1. The van der Waals surface area contributed by atoms with Gasteiger partial charge in [0.15, 0.2) is 0 Å². The van der Waals surface area contributed by atoms with Gasteiger partial charge in [-0.25, -0.2) is 4.39 Å². The van der Waals surface area contributed by atoms with E-state index in [0.717, 1.165) is 11.2 Å². The molecule has 1 aromatic carbocycles. The molecule has 1 unspecified atom stereocenters. The predicted molar refractivity (Wildman–Crippen MR) is 66.9 cm³/mol. The first-order valence-electron chi connectivity index (χ1n) is 5.64. The first kappa shape index (κ1) is 12.6. The summed E-state index contributed by atoms with van der Waals surface area (Å²) >= 11 is 0. The number of nitrogens with two attached hydrogens (primary N) is 1. The number of hydrogen-bond acceptors (Lipinski definition) is 2. The fourth-order valence-electron chi connectivity index (χ4n) is 2.21. The van der Waals surface area contributed by atoms with Crippen molar-refractivity contribution in [1.29, 1.82) is 0 Å². The summed E-state index contributed by atoms with van der Waals surface area (Å²) in [5, 5.41) is 9.32. The molecule has 3 N–H and O–H groups in total. The molecule has 0 aliphatic rings. The van der Waals surface area contributed by atoms with Gasteiger partial charge in [0.1, 0.15) is 11.9 Å². The number of benzene rings is 1. The molecule has 0 fully saturated rings. The molecule has 0 radical (unpaired) electrons. The Morgan fingerprint density at radius 1 is 1.56 bits per heavy atom. The summed E-state index contributed by atoms with van der Waals surface area (Å²) in [7, 11) is 1.83. The number of aromatic nitrogens is 1. The van der Waals surface area contributed by atoms with Gasteiger partial charge in [-0.2, -0.15) is 0 Å². The van der Waals surface area contributed by atoms with E-state index in [9.17, 15) is 9.18 Å². The van der Waals surface area contributed by atoms with Crippen LogP contribution < -0.4 is 5.73 Å². The average Bonchev–Trinajstić information content (AvgIpc) is 2.56. The number of halogens is 1. The van der Waals surface area contributed by atoms with Gasteiger partial charge in [-0.3, -0.25) is 4.79 Å². The quantitative estimate of drug-likeness (QED) is 0.869. The molecule has 1 aromatic heterocycles. The van der Waals surface area contributed by atoms with Gasteiger partial charge >= 0.3 is 5.97 Å². The molecular formula is C13H15FN2O2. The molecule has 18 heavy (non-hydrogen) atoms. The summed E-state index contributed by atoms with van der Waals surface area (Å²) in [6, 6.07) is 3.80. The van der Waals surface area contributed by atoms with Gasteiger partial charge in [0, 0.05) is 24.5 Å². The van der Waals surface area contributed by atoms with Crippen LogP contribution in [0.15, 0.2) is 18.2 Å². The summed E-state index contributed by atoms with van der Waals surface area (Å²) in [6.45, 7) is 1.84. The number of carboxylic acids is 1. The maximum atomic E-state index is 13.9. The second-order valence-corrected chi connectivity index (χ2v) is 4.41. The molecule has 5 heteroatoms. The molecule has 0 bridgehead atoms. The van der Waals surface area contributed by atoms with Crippen LogP contribution in [0, 0.1) is 12.7 Å². The summed E-state index contributed by atoms with van der Waals surface area (Å²) in [6.07, 6.45) is 0.124. The van der Waals surface area contributed by atoms with Crippen molar-refractivity contribution in [2.75, 3.05) is 0 Å². The zero-order valence-corrected chi connectivity index (χ0v) is 10.3. The smallest absolute Gasteiger partial charge is 0.320 e. The van der Waals surface area contributed by atoms with Crippen LogP contribution in [0.5, 0.6) is 0 Å². The molecule has 0 spiro atoms. The van der Waals surface area contributed by atoms with Gasteiger partial charge in [-0.1, -0.05) is 6.07 Å². The Labute approximate surface area is 104 Å². The number of fused-ring (bicyclic) bond motifs is 1. The zero-order chi connectivity index (χ0) is 13.4. The van der Waals surface area contributed by atoms with E-state index in [1.807, 2.05) is 18.5 Å². The fourth-order valence-corrected chi connectivity index (χ4v) is 2.21. The van der Waals surface area contributed by atoms with Crippen LogP contribution in [0.25, 0.3) is 10.9 Å². The van der Waals surface area contributed by atoms with E-state index in [1.165, 1.54) is 6.07 Å². The first-order chi connectivity index (χ1) is 8.43. The average molecular weight is 250 g/mol. The SMILES string of the molecule is Cc1c(CC(N)C(=O)O)c2c(F)cccc2n1C. The van der Waals surface area contributed by atoms with Crippen molar-refractivity contribution in [3.63, 3.8) is 0 Å². The highest BCUT2D eigenvalue weighted by atomic mass is 19.1. The van der Waals surface area contributed by atoms with E-state index in [1.54, 1.807) is 12.1 Å². The molecular weight excluding hydrogens is 235 g/mol. The summed E-state index contributed by atoms with van der Waals surface area (Å²) < 4.78 is 15.7. The number of carboxylic acid groups (broad SMARTS) is 1. The Balaban J connectivity index is 2.63. The Kier molecular flexibility index (Phi) is 3.09. The lowest BCUT2D eigenvalue weighted by Crippen LogP contribution is -2.32. The lowest BCUT2D eigenvalue weighted by Gasteiger charge is -2.07. The van der Waals surface area contributed by atoms with Crippen LogP contribution in [0.1, 0.15) is 11.3 Å². The highest BCUT2D eigenvalue weighted by molar-refractivity contribution is 5.87. The van der Waals surface area contributed by atoms with Crippen LogP contribution >= 0.6 is 0 Å². The van der Waals surface area contributed by atoms with Crippen molar-refractivity contribution in [3.8, 4) is 0 Å².